The van der Waals surface area contributed by atoms with Crippen LogP contribution in [0, 0.1) is 0 Å². The smallest absolute Gasteiger partial charge is 0.305 e. The summed E-state index contributed by atoms with van der Waals surface area (Å²) in [5.74, 6) is -0.960. The largest absolute Gasteiger partial charge is 0.481 e. The van der Waals surface area contributed by atoms with Gasteiger partial charge < -0.3 is 10.4 Å². The monoisotopic (exact) mass is 269 g/mol. The maximum Gasteiger partial charge on any atom is 0.305 e. The summed E-state index contributed by atoms with van der Waals surface area (Å²) in [5.41, 5.74) is 1.42. The molecule has 4 nitrogen and oxygen atoms in total. The predicted molar refractivity (Wildman–Crippen MR) is 70.1 cm³/mol. The second-order valence-corrected chi connectivity index (χ2v) is 4.70. The van der Waals surface area contributed by atoms with Crippen molar-refractivity contribution in [1.82, 2.24) is 5.32 Å². The van der Waals surface area contributed by atoms with Crippen molar-refractivity contribution in [2.75, 3.05) is 6.54 Å². The zero-order chi connectivity index (χ0) is 13.7. The van der Waals surface area contributed by atoms with E-state index in [1.807, 2.05) is 19.9 Å². The summed E-state index contributed by atoms with van der Waals surface area (Å²) in [6.07, 6.45) is -0.0937. The van der Waals surface area contributed by atoms with Crippen LogP contribution in [0.2, 0.25) is 5.02 Å². The molecule has 0 aliphatic carbocycles. The minimum Gasteiger partial charge on any atom is -0.481 e. The van der Waals surface area contributed by atoms with Crippen LogP contribution in [0.1, 0.15) is 42.1 Å². The van der Waals surface area contributed by atoms with Crippen LogP contribution in [-0.2, 0) is 4.79 Å². The summed E-state index contributed by atoms with van der Waals surface area (Å²) < 4.78 is 0. The van der Waals surface area contributed by atoms with E-state index in [4.69, 9.17) is 16.7 Å². The van der Waals surface area contributed by atoms with Crippen molar-refractivity contribution in [3.63, 3.8) is 0 Å². The highest BCUT2D eigenvalue weighted by Gasteiger charge is 2.10. The lowest BCUT2D eigenvalue weighted by atomic mass is 10.0. The van der Waals surface area contributed by atoms with Gasteiger partial charge in [-0.15, -0.1) is 0 Å². The van der Waals surface area contributed by atoms with E-state index >= 15 is 0 Å². The average Bonchev–Trinajstić information content (AvgIpc) is 2.27. The molecule has 0 unspecified atom stereocenters. The number of carboxylic acids is 1. The van der Waals surface area contributed by atoms with Crippen molar-refractivity contribution in [3.05, 3.63) is 34.3 Å². The highest BCUT2D eigenvalue weighted by Crippen LogP contribution is 2.25. The molecule has 1 amide bonds. The highest BCUT2D eigenvalue weighted by atomic mass is 35.5. The lowest BCUT2D eigenvalue weighted by molar-refractivity contribution is -0.136. The van der Waals surface area contributed by atoms with E-state index in [1.165, 1.54) is 0 Å². The maximum atomic E-state index is 11.7. The molecule has 5 heteroatoms. The van der Waals surface area contributed by atoms with Crippen LogP contribution in [0.25, 0.3) is 0 Å². The van der Waals surface area contributed by atoms with Gasteiger partial charge in [0.2, 0.25) is 0 Å². The van der Waals surface area contributed by atoms with Crippen molar-refractivity contribution in [2.45, 2.75) is 26.2 Å². The Balaban J connectivity index is 2.69. The second-order valence-electron chi connectivity index (χ2n) is 4.29. The van der Waals surface area contributed by atoms with Crippen molar-refractivity contribution in [1.29, 1.82) is 0 Å². The molecule has 0 aliphatic heterocycles. The zero-order valence-corrected chi connectivity index (χ0v) is 11.1. The third-order valence-electron chi connectivity index (χ3n) is 2.51. The van der Waals surface area contributed by atoms with Crippen molar-refractivity contribution < 1.29 is 14.7 Å². The predicted octanol–water partition coefficient (Wildman–Crippen LogP) is 2.67. The van der Waals surface area contributed by atoms with Gasteiger partial charge in [0.15, 0.2) is 0 Å². The fourth-order valence-corrected chi connectivity index (χ4v) is 1.92. The Bertz CT molecular complexity index is 458. The third kappa shape index (κ3) is 4.04. The molecule has 2 N–H and O–H groups in total. The molecule has 0 aliphatic rings. The van der Waals surface area contributed by atoms with Crippen molar-refractivity contribution >= 4 is 23.5 Å². The SMILES string of the molecule is CC(C)c1ccc(C(=O)NCCC(=O)O)cc1Cl. The van der Waals surface area contributed by atoms with E-state index in [1.54, 1.807) is 12.1 Å². The molecule has 1 aromatic carbocycles. The standard InChI is InChI=1S/C13H16ClNO3/c1-8(2)10-4-3-9(7-11(10)14)13(18)15-6-5-12(16)17/h3-4,7-8H,5-6H2,1-2H3,(H,15,18)(H,16,17). The first kappa shape index (κ1) is 14.5. The van der Waals surface area contributed by atoms with Crippen LogP contribution in [-0.4, -0.2) is 23.5 Å². The summed E-state index contributed by atoms with van der Waals surface area (Å²) in [4.78, 5) is 22.0. The highest BCUT2D eigenvalue weighted by molar-refractivity contribution is 6.31. The van der Waals surface area contributed by atoms with Gasteiger partial charge in [0, 0.05) is 17.1 Å². The lowest BCUT2D eigenvalue weighted by Crippen LogP contribution is -2.26. The number of nitrogens with one attached hydrogen (secondary N) is 1. The fraction of sp³-hybridized carbons (Fsp3) is 0.385. The zero-order valence-electron chi connectivity index (χ0n) is 10.4. The summed E-state index contributed by atoms with van der Waals surface area (Å²) in [6, 6.07) is 5.11. The molecule has 98 valence electrons. The van der Waals surface area contributed by atoms with E-state index in [9.17, 15) is 9.59 Å². The molecule has 0 heterocycles. The Labute approximate surface area is 111 Å². The van der Waals surface area contributed by atoms with Gasteiger partial charge in [0.25, 0.3) is 5.91 Å². The number of benzene rings is 1. The number of carboxylic acid groups (broad SMARTS) is 1. The molecule has 0 radical (unpaired) electrons. The summed E-state index contributed by atoms with van der Waals surface area (Å²) in [7, 11) is 0. The van der Waals surface area contributed by atoms with E-state index in [0.717, 1.165) is 5.56 Å². The number of carbonyl (C=O) groups excluding carboxylic acids is 1. The minimum absolute atomic E-state index is 0.0937. The molecule has 0 fully saturated rings. The molecular formula is C13H16ClNO3. The van der Waals surface area contributed by atoms with Gasteiger partial charge in [-0.3, -0.25) is 9.59 Å². The van der Waals surface area contributed by atoms with Crippen LogP contribution in [0.15, 0.2) is 18.2 Å². The molecule has 0 saturated carbocycles. The third-order valence-corrected chi connectivity index (χ3v) is 2.84. The molecule has 0 saturated heterocycles. The summed E-state index contributed by atoms with van der Waals surface area (Å²) in [5, 5.41) is 11.5. The van der Waals surface area contributed by atoms with Crippen LogP contribution >= 0.6 is 11.6 Å². The van der Waals surface area contributed by atoms with Crippen molar-refractivity contribution in [2.24, 2.45) is 0 Å². The number of aliphatic carboxylic acids is 1. The second kappa shape index (κ2) is 6.40. The quantitative estimate of drug-likeness (QED) is 0.864. The number of hydrogen-bond acceptors (Lipinski definition) is 2. The molecule has 0 aromatic heterocycles. The number of amides is 1. The van der Waals surface area contributed by atoms with E-state index in [0.29, 0.717) is 16.5 Å². The molecule has 18 heavy (non-hydrogen) atoms. The summed E-state index contributed by atoms with van der Waals surface area (Å²) >= 11 is 6.08. The van der Waals surface area contributed by atoms with Gasteiger partial charge in [-0.1, -0.05) is 31.5 Å². The topological polar surface area (TPSA) is 66.4 Å². The van der Waals surface area contributed by atoms with Crippen LogP contribution in [0.4, 0.5) is 0 Å². The van der Waals surface area contributed by atoms with Gasteiger partial charge >= 0.3 is 5.97 Å². The Morgan fingerprint density at radius 3 is 2.56 bits per heavy atom. The Hall–Kier alpha value is -1.55. The van der Waals surface area contributed by atoms with Crippen LogP contribution in [0.3, 0.4) is 0 Å². The summed E-state index contributed by atoms with van der Waals surface area (Å²) in [6.45, 7) is 4.15. The van der Waals surface area contributed by atoms with Crippen LogP contribution < -0.4 is 5.32 Å². The Morgan fingerprint density at radius 1 is 1.39 bits per heavy atom. The van der Waals surface area contributed by atoms with Gasteiger partial charge in [-0.25, -0.2) is 0 Å². The number of halogens is 1. The first-order chi connectivity index (χ1) is 8.41. The molecule has 0 spiro atoms. The van der Waals surface area contributed by atoms with Gasteiger partial charge in [0.05, 0.1) is 6.42 Å². The Morgan fingerprint density at radius 2 is 2.06 bits per heavy atom. The maximum absolute atomic E-state index is 11.7. The van der Waals surface area contributed by atoms with Gasteiger partial charge in [0.1, 0.15) is 0 Å². The fourth-order valence-electron chi connectivity index (χ4n) is 1.52. The Kier molecular flexibility index (Phi) is 5.16. The molecule has 1 aromatic rings. The first-order valence-corrected chi connectivity index (χ1v) is 6.09. The minimum atomic E-state index is -0.941. The number of rotatable bonds is 5. The first-order valence-electron chi connectivity index (χ1n) is 5.71. The van der Waals surface area contributed by atoms with E-state index in [2.05, 4.69) is 5.32 Å². The number of hydrogen-bond donors (Lipinski definition) is 2. The average molecular weight is 270 g/mol. The molecule has 0 atom stereocenters. The molecular weight excluding hydrogens is 254 g/mol. The van der Waals surface area contributed by atoms with Gasteiger partial charge in [-0.05, 0) is 23.6 Å². The van der Waals surface area contributed by atoms with Crippen molar-refractivity contribution in [3.8, 4) is 0 Å². The van der Waals surface area contributed by atoms with Gasteiger partial charge in [-0.2, -0.15) is 0 Å². The molecule has 1 rings (SSSR count). The molecule has 0 bridgehead atoms. The normalized spacial score (nSPS) is 10.4. The van der Waals surface area contributed by atoms with E-state index < -0.39 is 5.97 Å². The lowest BCUT2D eigenvalue weighted by Gasteiger charge is -2.10. The van der Waals surface area contributed by atoms with Crippen LogP contribution in [0.5, 0.6) is 0 Å². The van der Waals surface area contributed by atoms with E-state index in [-0.39, 0.29) is 18.9 Å². The number of carbonyl (C=O) groups is 2.